The Bertz CT molecular complexity index is 668. The third-order valence-corrected chi connectivity index (χ3v) is 4.96. The van der Waals surface area contributed by atoms with Gasteiger partial charge in [-0.2, -0.15) is 0 Å². The predicted octanol–water partition coefficient (Wildman–Crippen LogP) is 1.11. The van der Waals surface area contributed by atoms with Gasteiger partial charge >= 0.3 is 5.95 Å². The molecular formula is C18H25Cl2N5. The Morgan fingerprint density at radius 3 is 2.40 bits per heavy atom. The van der Waals surface area contributed by atoms with Crippen molar-refractivity contribution >= 4 is 28.9 Å². The van der Waals surface area contributed by atoms with Crippen molar-refractivity contribution < 1.29 is 17.0 Å². The van der Waals surface area contributed by atoms with Crippen molar-refractivity contribution in [1.29, 1.82) is 0 Å². The van der Waals surface area contributed by atoms with E-state index in [0.29, 0.717) is 0 Å². The number of aromatic nitrogens is 2. The van der Waals surface area contributed by atoms with Gasteiger partial charge < -0.3 is 17.3 Å². The van der Waals surface area contributed by atoms with Crippen LogP contribution < -0.4 is 21.9 Å². The monoisotopic (exact) mass is 381 g/mol. The molecule has 1 aromatic heterocycles. The number of rotatable bonds is 5. The fraction of sp³-hybridized carbons (Fsp3) is 0.500. The molecule has 1 saturated heterocycles. The molecule has 0 atom stereocenters. The minimum Gasteiger partial charge on any atom is -1.00 e. The topological polar surface area (TPSA) is 36.8 Å². The quantitative estimate of drug-likeness (QED) is 0.434. The van der Waals surface area contributed by atoms with Gasteiger partial charge in [0.2, 0.25) is 0 Å². The van der Waals surface area contributed by atoms with E-state index in [2.05, 4.69) is 27.3 Å². The van der Waals surface area contributed by atoms with Crippen LogP contribution in [-0.2, 0) is 14.1 Å². The summed E-state index contributed by atoms with van der Waals surface area (Å²) in [4.78, 5) is 2.45. The number of azo groups is 1. The molecule has 1 aliphatic heterocycles. The molecule has 1 aliphatic rings. The van der Waals surface area contributed by atoms with Gasteiger partial charge in [0.1, 0.15) is 5.69 Å². The van der Waals surface area contributed by atoms with E-state index in [0.717, 1.165) is 42.9 Å². The number of alkyl halides is 1. The highest BCUT2D eigenvalue weighted by Gasteiger charge is 2.19. The highest BCUT2D eigenvalue weighted by Crippen LogP contribution is 2.27. The molecular weight excluding hydrogens is 357 g/mol. The van der Waals surface area contributed by atoms with E-state index in [9.17, 15) is 0 Å². The molecule has 0 amide bonds. The fourth-order valence-corrected chi connectivity index (χ4v) is 3.50. The van der Waals surface area contributed by atoms with Crippen LogP contribution in [0.2, 0.25) is 0 Å². The molecule has 5 nitrogen and oxygen atoms in total. The maximum Gasteiger partial charge on any atom is 0.421 e. The molecule has 1 aromatic carbocycles. The van der Waals surface area contributed by atoms with E-state index in [4.69, 9.17) is 11.6 Å². The van der Waals surface area contributed by atoms with Crippen LogP contribution in [0, 0.1) is 5.92 Å². The molecule has 2 heterocycles. The fourth-order valence-electron chi connectivity index (χ4n) is 3.19. The first-order valence-electron chi connectivity index (χ1n) is 8.51. The lowest BCUT2D eigenvalue weighted by atomic mass is 9.94. The lowest BCUT2D eigenvalue weighted by molar-refractivity contribution is -0.657. The molecule has 0 radical (unpaired) electrons. The third kappa shape index (κ3) is 4.95. The summed E-state index contributed by atoms with van der Waals surface area (Å²) >= 11 is 5.86. The van der Waals surface area contributed by atoms with E-state index >= 15 is 0 Å². The van der Waals surface area contributed by atoms with E-state index in [1.807, 2.05) is 47.8 Å². The third-order valence-electron chi connectivity index (χ3n) is 4.75. The Kier molecular flexibility index (Phi) is 7.26. The van der Waals surface area contributed by atoms with Gasteiger partial charge in [-0.3, -0.25) is 0 Å². The average molecular weight is 382 g/mol. The number of nitrogens with zero attached hydrogens (tertiary/aromatic N) is 5. The van der Waals surface area contributed by atoms with Crippen molar-refractivity contribution in [3.8, 4) is 0 Å². The summed E-state index contributed by atoms with van der Waals surface area (Å²) in [5.41, 5.74) is 2.14. The van der Waals surface area contributed by atoms with E-state index in [-0.39, 0.29) is 12.4 Å². The van der Waals surface area contributed by atoms with Crippen LogP contribution in [0.4, 0.5) is 17.3 Å². The van der Waals surface area contributed by atoms with Crippen LogP contribution in [-0.4, -0.2) is 23.5 Å². The molecule has 0 saturated carbocycles. The van der Waals surface area contributed by atoms with Gasteiger partial charge in [0.15, 0.2) is 0 Å². The summed E-state index contributed by atoms with van der Waals surface area (Å²) in [5, 5.41) is 8.68. The standard InChI is InChI=1S/C18H25ClN5.ClH/c1-22-13-14-23(2)18(22)21-20-16-3-5-17(6-4-16)24-11-8-15(7-10-19)9-12-24;/h3-6,13-15H,7-12H2,1-2H3;1H/q+1;/p-1. The molecule has 7 heteroatoms. The SMILES string of the molecule is Cn1cc[n+](C)c1N=Nc1ccc(N2CCC(CCCl)CC2)cc1.[Cl-]. The first kappa shape index (κ1) is 19.7. The lowest BCUT2D eigenvalue weighted by Gasteiger charge is -2.33. The Morgan fingerprint density at radius 1 is 1.16 bits per heavy atom. The molecule has 0 unspecified atom stereocenters. The second kappa shape index (κ2) is 9.20. The maximum absolute atomic E-state index is 5.86. The van der Waals surface area contributed by atoms with Crippen molar-refractivity contribution in [1.82, 2.24) is 4.57 Å². The zero-order valence-electron chi connectivity index (χ0n) is 14.8. The highest BCUT2D eigenvalue weighted by atomic mass is 35.5. The van der Waals surface area contributed by atoms with Gasteiger partial charge in [-0.1, -0.05) is 5.11 Å². The maximum atomic E-state index is 5.86. The number of benzene rings is 1. The number of aryl methyl sites for hydroxylation is 2. The summed E-state index contributed by atoms with van der Waals surface area (Å²) in [5.74, 6) is 2.39. The first-order valence-corrected chi connectivity index (χ1v) is 9.04. The van der Waals surface area contributed by atoms with E-state index in [1.54, 1.807) is 0 Å². The molecule has 2 aromatic rings. The minimum atomic E-state index is 0. The largest absolute Gasteiger partial charge is 1.00 e. The molecule has 0 bridgehead atoms. The number of anilines is 1. The van der Waals surface area contributed by atoms with Crippen molar-refractivity contribution in [2.75, 3.05) is 23.9 Å². The van der Waals surface area contributed by atoms with Gasteiger partial charge in [0.05, 0.1) is 26.5 Å². The number of imidazole rings is 1. The Morgan fingerprint density at radius 2 is 1.84 bits per heavy atom. The van der Waals surface area contributed by atoms with Crippen LogP contribution in [0.15, 0.2) is 46.9 Å². The zero-order chi connectivity index (χ0) is 16.9. The Hall–Kier alpha value is -1.59. The first-order chi connectivity index (χ1) is 11.7. The Balaban J connectivity index is 0.00000225. The summed E-state index contributed by atoms with van der Waals surface area (Å²) in [7, 11) is 3.93. The second-order valence-electron chi connectivity index (χ2n) is 6.44. The minimum absolute atomic E-state index is 0. The van der Waals surface area contributed by atoms with Crippen LogP contribution in [0.3, 0.4) is 0 Å². The van der Waals surface area contributed by atoms with Gasteiger partial charge in [0, 0.05) is 29.8 Å². The van der Waals surface area contributed by atoms with Crippen molar-refractivity contribution in [2.45, 2.75) is 19.3 Å². The summed E-state index contributed by atoms with van der Waals surface area (Å²) in [6.07, 6.45) is 7.54. The molecule has 3 rings (SSSR count). The smallest absolute Gasteiger partial charge is 0.421 e. The molecule has 1 fully saturated rings. The summed E-state index contributed by atoms with van der Waals surface area (Å²) < 4.78 is 3.89. The molecule has 25 heavy (non-hydrogen) atoms. The van der Waals surface area contributed by atoms with Crippen LogP contribution in [0.25, 0.3) is 0 Å². The number of hydrogen-bond acceptors (Lipinski definition) is 3. The molecule has 0 aliphatic carbocycles. The second-order valence-corrected chi connectivity index (χ2v) is 6.82. The predicted molar refractivity (Wildman–Crippen MR) is 97.5 cm³/mol. The van der Waals surface area contributed by atoms with Crippen molar-refractivity contribution in [2.24, 2.45) is 30.2 Å². The zero-order valence-corrected chi connectivity index (χ0v) is 16.3. The normalized spacial score (nSPS) is 15.6. The van der Waals surface area contributed by atoms with Crippen LogP contribution in [0.5, 0.6) is 0 Å². The van der Waals surface area contributed by atoms with Crippen LogP contribution >= 0.6 is 11.6 Å². The van der Waals surface area contributed by atoms with Crippen LogP contribution in [0.1, 0.15) is 19.3 Å². The molecule has 0 spiro atoms. The highest BCUT2D eigenvalue weighted by molar-refractivity contribution is 6.17. The van der Waals surface area contributed by atoms with Gasteiger partial charge in [-0.15, -0.1) is 11.6 Å². The van der Waals surface area contributed by atoms with E-state index < -0.39 is 0 Å². The van der Waals surface area contributed by atoms with Crippen molar-refractivity contribution in [3.05, 3.63) is 36.7 Å². The summed E-state index contributed by atoms with van der Waals surface area (Å²) in [6.45, 7) is 2.23. The summed E-state index contributed by atoms with van der Waals surface area (Å²) in [6, 6.07) is 8.35. The van der Waals surface area contributed by atoms with E-state index in [1.165, 1.54) is 18.5 Å². The number of hydrogen-bond donors (Lipinski definition) is 0. The number of piperidine rings is 1. The average Bonchev–Trinajstić information content (AvgIpc) is 2.93. The lowest BCUT2D eigenvalue weighted by Crippen LogP contribution is -3.00. The van der Waals surface area contributed by atoms with Crippen molar-refractivity contribution in [3.63, 3.8) is 0 Å². The Labute approximate surface area is 160 Å². The number of halogens is 2. The molecule has 136 valence electrons. The van der Waals surface area contributed by atoms with Gasteiger partial charge in [0.25, 0.3) is 0 Å². The van der Waals surface area contributed by atoms with Gasteiger partial charge in [-0.05, 0) is 49.4 Å². The van der Waals surface area contributed by atoms with Gasteiger partial charge in [-0.25, -0.2) is 9.13 Å². The molecule has 0 N–H and O–H groups in total.